The van der Waals surface area contributed by atoms with Crippen LogP contribution >= 0.6 is 0 Å². The van der Waals surface area contributed by atoms with Crippen molar-refractivity contribution in [2.24, 2.45) is 0 Å². The van der Waals surface area contributed by atoms with Crippen LogP contribution < -0.4 is 10.3 Å². The van der Waals surface area contributed by atoms with E-state index in [1.54, 1.807) is 13.8 Å². The molecule has 0 bridgehead atoms. The van der Waals surface area contributed by atoms with Crippen molar-refractivity contribution in [2.75, 3.05) is 13.2 Å². The first kappa shape index (κ1) is 29.0. The first-order valence-corrected chi connectivity index (χ1v) is 12.1. The minimum atomic E-state index is -5.08. The largest absolute Gasteiger partial charge is 0.477 e. The standard InChI is InChI=1S/C28H20F5N3O5/c1-3-39-25-18(27(38)40-4-2)9-16(13-35-25)23-7-8-24(41-23)22-11-20(28(31,32)33)19(12-34)26(37)36(22)14-15-5-6-17(29)10-21(15)30/h5-11,13H,3-4,14H2,1-2H3. The molecule has 4 aromatic rings. The Morgan fingerprint density at radius 2 is 1.80 bits per heavy atom. The van der Waals surface area contributed by atoms with Gasteiger partial charge in [0.15, 0.2) is 5.76 Å². The zero-order valence-electron chi connectivity index (χ0n) is 21.5. The minimum Gasteiger partial charge on any atom is -0.477 e. The van der Waals surface area contributed by atoms with E-state index < -0.39 is 52.7 Å². The maximum Gasteiger partial charge on any atom is 0.417 e. The Morgan fingerprint density at radius 3 is 2.44 bits per heavy atom. The number of halogens is 5. The van der Waals surface area contributed by atoms with Crippen LogP contribution in [0.5, 0.6) is 5.88 Å². The Kier molecular flexibility index (Phi) is 8.23. The number of ether oxygens (including phenoxy) is 2. The molecule has 0 atom stereocenters. The molecule has 0 saturated carbocycles. The van der Waals surface area contributed by atoms with Crippen molar-refractivity contribution in [1.82, 2.24) is 9.55 Å². The van der Waals surface area contributed by atoms with Gasteiger partial charge in [0.1, 0.15) is 34.6 Å². The molecule has 1 aromatic carbocycles. The molecule has 0 fully saturated rings. The second-order valence-electron chi connectivity index (χ2n) is 8.45. The third kappa shape index (κ3) is 5.96. The fraction of sp³-hybridized carbons (Fsp3) is 0.214. The Bertz CT molecular complexity index is 1720. The Balaban J connectivity index is 1.89. The number of alkyl halides is 3. The number of nitrogens with zero attached hydrogens (tertiary/aromatic N) is 3. The number of benzene rings is 1. The average molecular weight is 573 g/mol. The molecule has 0 radical (unpaired) electrons. The molecule has 13 heteroatoms. The number of carbonyl (C=O) groups excluding carboxylic acids is 1. The summed E-state index contributed by atoms with van der Waals surface area (Å²) in [7, 11) is 0. The Hall–Kier alpha value is -4.99. The van der Waals surface area contributed by atoms with E-state index in [2.05, 4.69) is 4.98 Å². The first-order valence-electron chi connectivity index (χ1n) is 12.1. The number of carbonyl (C=O) groups is 1. The minimum absolute atomic E-state index is 0.00134. The number of esters is 1. The van der Waals surface area contributed by atoms with Crippen LogP contribution in [0.25, 0.3) is 22.8 Å². The molecule has 0 spiro atoms. The van der Waals surface area contributed by atoms with Gasteiger partial charge < -0.3 is 13.9 Å². The number of aromatic nitrogens is 2. The topological polar surface area (TPSA) is 107 Å². The molecule has 0 aliphatic carbocycles. The van der Waals surface area contributed by atoms with Gasteiger partial charge in [-0.1, -0.05) is 6.07 Å². The van der Waals surface area contributed by atoms with E-state index in [4.69, 9.17) is 13.9 Å². The number of furan rings is 1. The van der Waals surface area contributed by atoms with Gasteiger partial charge in [-0.05, 0) is 44.2 Å². The maximum absolute atomic E-state index is 14.4. The highest BCUT2D eigenvalue weighted by Gasteiger charge is 2.37. The third-order valence-corrected chi connectivity index (χ3v) is 5.83. The number of pyridine rings is 2. The molecule has 0 unspecified atom stereocenters. The average Bonchev–Trinajstić information content (AvgIpc) is 3.41. The van der Waals surface area contributed by atoms with Crippen molar-refractivity contribution in [3.63, 3.8) is 0 Å². The van der Waals surface area contributed by atoms with Crippen LogP contribution in [0.15, 0.2) is 57.9 Å². The fourth-order valence-corrected chi connectivity index (χ4v) is 3.98. The number of nitriles is 1. The summed E-state index contributed by atoms with van der Waals surface area (Å²) in [5.74, 6) is -2.88. The SMILES string of the molecule is CCOC(=O)c1cc(-c2ccc(-c3cc(C(F)(F)F)c(C#N)c(=O)n3Cc3ccc(F)cc3F)o2)cnc1OCC. The number of rotatable bonds is 8. The number of hydrogen-bond acceptors (Lipinski definition) is 7. The van der Waals surface area contributed by atoms with Crippen LogP contribution in [0, 0.1) is 23.0 Å². The fourth-order valence-electron chi connectivity index (χ4n) is 3.98. The van der Waals surface area contributed by atoms with Gasteiger partial charge in [-0.25, -0.2) is 18.6 Å². The Morgan fingerprint density at radius 1 is 1.07 bits per heavy atom. The normalized spacial score (nSPS) is 11.3. The zero-order chi connectivity index (χ0) is 29.9. The quantitative estimate of drug-likeness (QED) is 0.189. The highest BCUT2D eigenvalue weighted by atomic mass is 19.4. The van der Waals surface area contributed by atoms with Crippen LogP contribution in [-0.2, 0) is 17.5 Å². The van der Waals surface area contributed by atoms with Crippen LogP contribution in [-0.4, -0.2) is 28.7 Å². The molecule has 0 N–H and O–H groups in total. The third-order valence-electron chi connectivity index (χ3n) is 5.83. The monoisotopic (exact) mass is 573 g/mol. The second-order valence-corrected chi connectivity index (χ2v) is 8.45. The summed E-state index contributed by atoms with van der Waals surface area (Å²) in [6.45, 7) is 2.94. The summed E-state index contributed by atoms with van der Waals surface area (Å²) in [5, 5.41) is 9.36. The molecule has 3 heterocycles. The molecule has 4 rings (SSSR count). The molecule has 41 heavy (non-hydrogen) atoms. The molecule has 3 aromatic heterocycles. The summed E-state index contributed by atoms with van der Waals surface area (Å²) in [6, 6.07) is 8.30. The van der Waals surface area contributed by atoms with E-state index in [9.17, 15) is 36.8 Å². The smallest absolute Gasteiger partial charge is 0.417 e. The van der Waals surface area contributed by atoms with Gasteiger partial charge in [0.25, 0.3) is 5.56 Å². The van der Waals surface area contributed by atoms with Gasteiger partial charge >= 0.3 is 12.1 Å². The summed E-state index contributed by atoms with van der Waals surface area (Å²) >= 11 is 0. The van der Waals surface area contributed by atoms with Crippen molar-refractivity contribution >= 4 is 5.97 Å². The van der Waals surface area contributed by atoms with Crippen LogP contribution in [0.4, 0.5) is 22.0 Å². The lowest BCUT2D eigenvalue weighted by atomic mass is 10.1. The van der Waals surface area contributed by atoms with E-state index >= 15 is 0 Å². The lowest BCUT2D eigenvalue weighted by Crippen LogP contribution is -2.29. The van der Waals surface area contributed by atoms with E-state index in [1.807, 2.05) is 0 Å². The molecule has 0 amide bonds. The molecular weight excluding hydrogens is 553 g/mol. The Labute approximate surface area is 229 Å². The zero-order valence-corrected chi connectivity index (χ0v) is 21.5. The van der Waals surface area contributed by atoms with Crippen molar-refractivity contribution < 1.29 is 40.6 Å². The first-order chi connectivity index (χ1) is 19.5. The van der Waals surface area contributed by atoms with Crippen LogP contribution in [0.3, 0.4) is 0 Å². The van der Waals surface area contributed by atoms with Crippen LogP contribution in [0.1, 0.15) is 40.9 Å². The van der Waals surface area contributed by atoms with Crippen LogP contribution in [0.2, 0.25) is 0 Å². The summed E-state index contributed by atoms with van der Waals surface area (Å²) < 4.78 is 86.3. The van der Waals surface area contributed by atoms with E-state index in [-0.39, 0.29) is 47.3 Å². The van der Waals surface area contributed by atoms with Gasteiger partial charge in [0, 0.05) is 23.4 Å². The van der Waals surface area contributed by atoms with Crippen molar-refractivity contribution in [3.05, 3.63) is 92.9 Å². The molecule has 212 valence electrons. The maximum atomic E-state index is 14.4. The highest BCUT2D eigenvalue weighted by molar-refractivity contribution is 5.93. The molecule has 0 aliphatic rings. The van der Waals surface area contributed by atoms with E-state index in [1.165, 1.54) is 30.5 Å². The number of hydrogen-bond donors (Lipinski definition) is 0. The van der Waals surface area contributed by atoms with Crippen molar-refractivity contribution in [3.8, 4) is 34.7 Å². The van der Waals surface area contributed by atoms with Gasteiger partial charge in [0.05, 0.1) is 31.0 Å². The van der Waals surface area contributed by atoms with Gasteiger partial charge in [0.2, 0.25) is 5.88 Å². The van der Waals surface area contributed by atoms with E-state index in [0.717, 1.165) is 16.7 Å². The van der Waals surface area contributed by atoms with Crippen molar-refractivity contribution in [1.29, 1.82) is 5.26 Å². The highest BCUT2D eigenvalue weighted by Crippen LogP contribution is 2.36. The lowest BCUT2D eigenvalue weighted by Gasteiger charge is -2.16. The van der Waals surface area contributed by atoms with Gasteiger partial charge in [-0.15, -0.1) is 0 Å². The van der Waals surface area contributed by atoms with Gasteiger partial charge in [-0.3, -0.25) is 9.36 Å². The van der Waals surface area contributed by atoms with E-state index in [0.29, 0.717) is 12.1 Å². The predicted octanol–water partition coefficient (Wildman–Crippen LogP) is 5.96. The summed E-state index contributed by atoms with van der Waals surface area (Å²) in [5.41, 5.74) is -4.52. The second kappa shape index (κ2) is 11.6. The molecular formula is C28H20F5N3O5. The molecule has 0 saturated heterocycles. The predicted molar refractivity (Wildman–Crippen MR) is 134 cm³/mol. The van der Waals surface area contributed by atoms with Gasteiger partial charge in [-0.2, -0.15) is 18.4 Å². The van der Waals surface area contributed by atoms with Crippen molar-refractivity contribution in [2.45, 2.75) is 26.6 Å². The summed E-state index contributed by atoms with van der Waals surface area (Å²) in [4.78, 5) is 29.7. The molecule has 8 nitrogen and oxygen atoms in total. The molecule has 0 aliphatic heterocycles. The summed E-state index contributed by atoms with van der Waals surface area (Å²) in [6.07, 6.45) is -3.78. The lowest BCUT2D eigenvalue weighted by molar-refractivity contribution is -0.137.